The standard InChI is InChI=1S/C21H21F3N2O3/c1-4-26-16-11-15(8-9-17(16)29-12-20(2,3)19(26)28)25-18(27)13-6-5-7-14(10-13)21(22,23)24/h5-11H,4,12H2,1-3H3,(H,25,27). The number of fused-ring (bicyclic) bond motifs is 1. The average Bonchev–Trinajstić information content (AvgIpc) is 2.76. The van der Waals surface area contributed by atoms with Gasteiger partial charge in [-0.15, -0.1) is 0 Å². The molecule has 1 N–H and O–H groups in total. The summed E-state index contributed by atoms with van der Waals surface area (Å²) >= 11 is 0. The fourth-order valence-electron chi connectivity index (χ4n) is 3.08. The lowest BCUT2D eigenvalue weighted by molar-refractivity contribution is -0.137. The second-order valence-electron chi connectivity index (χ2n) is 7.44. The van der Waals surface area contributed by atoms with Gasteiger partial charge in [-0.1, -0.05) is 6.07 Å². The molecule has 1 heterocycles. The molecule has 0 radical (unpaired) electrons. The number of nitrogens with zero attached hydrogens (tertiary/aromatic N) is 1. The van der Waals surface area contributed by atoms with E-state index in [1.165, 1.54) is 12.1 Å². The summed E-state index contributed by atoms with van der Waals surface area (Å²) in [5.74, 6) is -0.289. The molecule has 5 nitrogen and oxygen atoms in total. The van der Waals surface area contributed by atoms with Crippen LogP contribution in [0.5, 0.6) is 5.75 Å². The van der Waals surface area contributed by atoms with E-state index in [1.807, 2.05) is 6.92 Å². The summed E-state index contributed by atoms with van der Waals surface area (Å²) in [4.78, 5) is 26.8. The zero-order chi connectivity index (χ0) is 21.4. The Morgan fingerprint density at radius 1 is 1.21 bits per heavy atom. The van der Waals surface area contributed by atoms with E-state index in [0.717, 1.165) is 12.1 Å². The molecule has 3 rings (SSSR count). The molecule has 0 aromatic heterocycles. The third-order valence-corrected chi connectivity index (χ3v) is 4.69. The third-order valence-electron chi connectivity index (χ3n) is 4.69. The first-order chi connectivity index (χ1) is 13.5. The van der Waals surface area contributed by atoms with Crippen LogP contribution >= 0.6 is 0 Å². The van der Waals surface area contributed by atoms with E-state index in [-0.39, 0.29) is 18.1 Å². The molecule has 0 saturated carbocycles. The van der Waals surface area contributed by atoms with Gasteiger partial charge in [0.2, 0.25) is 5.91 Å². The fraction of sp³-hybridized carbons (Fsp3) is 0.333. The highest BCUT2D eigenvalue weighted by molar-refractivity contribution is 6.05. The first-order valence-electron chi connectivity index (χ1n) is 9.10. The van der Waals surface area contributed by atoms with Crippen molar-refractivity contribution in [3.63, 3.8) is 0 Å². The zero-order valence-electron chi connectivity index (χ0n) is 16.3. The Labute approximate surface area is 166 Å². The van der Waals surface area contributed by atoms with E-state index in [0.29, 0.717) is 23.7 Å². The predicted molar refractivity (Wildman–Crippen MR) is 103 cm³/mol. The Kier molecular flexibility index (Phi) is 5.30. The first kappa shape index (κ1) is 20.7. The highest BCUT2D eigenvalue weighted by Crippen LogP contribution is 2.38. The van der Waals surface area contributed by atoms with E-state index in [4.69, 9.17) is 4.74 Å². The van der Waals surface area contributed by atoms with Crippen LogP contribution in [0.25, 0.3) is 0 Å². The van der Waals surface area contributed by atoms with E-state index >= 15 is 0 Å². The molecular weight excluding hydrogens is 385 g/mol. The second kappa shape index (κ2) is 7.42. The minimum Gasteiger partial charge on any atom is -0.490 e. The van der Waals surface area contributed by atoms with Crippen LogP contribution in [0.15, 0.2) is 42.5 Å². The number of anilines is 2. The smallest absolute Gasteiger partial charge is 0.416 e. The Balaban J connectivity index is 1.89. The van der Waals surface area contributed by atoms with Gasteiger partial charge in [0, 0.05) is 17.8 Å². The number of rotatable bonds is 3. The lowest BCUT2D eigenvalue weighted by Crippen LogP contribution is -2.42. The average molecular weight is 406 g/mol. The van der Waals surface area contributed by atoms with Gasteiger partial charge >= 0.3 is 6.18 Å². The fourth-order valence-corrected chi connectivity index (χ4v) is 3.08. The number of carbonyl (C=O) groups excluding carboxylic acids is 2. The third kappa shape index (κ3) is 4.21. The summed E-state index contributed by atoms with van der Waals surface area (Å²) in [7, 11) is 0. The number of alkyl halides is 3. The molecule has 0 bridgehead atoms. The van der Waals surface area contributed by atoms with Gasteiger partial charge in [-0.3, -0.25) is 9.59 Å². The molecule has 2 aromatic rings. The molecule has 8 heteroatoms. The summed E-state index contributed by atoms with van der Waals surface area (Å²) in [6.07, 6.45) is -4.54. The van der Waals surface area contributed by atoms with Crippen molar-refractivity contribution in [2.45, 2.75) is 26.9 Å². The second-order valence-corrected chi connectivity index (χ2v) is 7.44. The van der Waals surface area contributed by atoms with Crippen LogP contribution in [0, 0.1) is 5.41 Å². The van der Waals surface area contributed by atoms with Crippen LogP contribution in [0.1, 0.15) is 36.7 Å². The molecular formula is C21H21F3N2O3. The van der Waals surface area contributed by atoms with Crippen molar-refractivity contribution in [2.75, 3.05) is 23.4 Å². The summed E-state index contributed by atoms with van der Waals surface area (Å²) in [6, 6.07) is 9.00. The van der Waals surface area contributed by atoms with Crippen molar-refractivity contribution in [1.29, 1.82) is 0 Å². The summed E-state index contributed by atoms with van der Waals surface area (Å²) < 4.78 is 44.4. The Morgan fingerprint density at radius 3 is 2.59 bits per heavy atom. The number of halogens is 3. The van der Waals surface area contributed by atoms with Crippen LogP contribution in [0.3, 0.4) is 0 Å². The zero-order valence-corrected chi connectivity index (χ0v) is 16.3. The first-order valence-corrected chi connectivity index (χ1v) is 9.10. The van der Waals surface area contributed by atoms with Crippen LogP contribution in [0.4, 0.5) is 24.5 Å². The van der Waals surface area contributed by atoms with Crippen molar-refractivity contribution in [3.05, 3.63) is 53.6 Å². The minimum absolute atomic E-state index is 0.111. The summed E-state index contributed by atoms with van der Waals surface area (Å²) in [5, 5.41) is 2.59. The normalized spacial score (nSPS) is 15.9. The highest BCUT2D eigenvalue weighted by atomic mass is 19.4. The number of carbonyl (C=O) groups is 2. The molecule has 29 heavy (non-hydrogen) atoms. The quantitative estimate of drug-likeness (QED) is 0.802. The van der Waals surface area contributed by atoms with Crippen LogP contribution in [0.2, 0.25) is 0 Å². The minimum atomic E-state index is -4.54. The van der Waals surface area contributed by atoms with Crippen LogP contribution < -0.4 is 15.0 Å². The molecule has 2 aromatic carbocycles. The van der Waals surface area contributed by atoms with Gasteiger partial charge in [-0.05, 0) is 57.2 Å². The molecule has 0 fully saturated rings. The largest absolute Gasteiger partial charge is 0.490 e. The van der Waals surface area contributed by atoms with E-state index in [9.17, 15) is 22.8 Å². The van der Waals surface area contributed by atoms with Gasteiger partial charge in [0.1, 0.15) is 12.4 Å². The van der Waals surface area contributed by atoms with Crippen molar-refractivity contribution >= 4 is 23.2 Å². The highest BCUT2D eigenvalue weighted by Gasteiger charge is 2.37. The molecule has 0 unspecified atom stereocenters. The van der Waals surface area contributed by atoms with Gasteiger partial charge < -0.3 is 15.0 Å². The van der Waals surface area contributed by atoms with Crippen molar-refractivity contribution in [3.8, 4) is 5.75 Å². The maximum Gasteiger partial charge on any atom is 0.416 e. The van der Waals surface area contributed by atoms with Crippen LogP contribution in [-0.4, -0.2) is 25.0 Å². The molecule has 154 valence electrons. The van der Waals surface area contributed by atoms with E-state index in [2.05, 4.69) is 5.32 Å². The molecule has 0 atom stereocenters. The molecule has 2 amide bonds. The lowest BCUT2D eigenvalue weighted by Gasteiger charge is -2.27. The van der Waals surface area contributed by atoms with E-state index < -0.39 is 23.1 Å². The molecule has 1 aliphatic rings. The molecule has 0 saturated heterocycles. The van der Waals surface area contributed by atoms with Gasteiger partial charge in [0.25, 0.3) is 5.91 Å². The number of amides is 2. The topological polar surface area (TPSA) is 58.6 Å². The molecule has 0 spiro atoms. The summed E-state index contributed by atoms with van der Waals surface area (Å²) in [6.45, 7) is 6.03. The predicted octanol–water partition coefficient (Wildman–Crippen LogP) is 4.73. The molecule has 1 aliphatic heterocycles. The van der Waals surface area contributed by atoms with Gasteiger partial charge in [-0.25, -0.2) is 0 Å². The van der Waals surface area contributed by atoms with Crippen LogP contribution in [-0.2, 0) is 11.0 Å². The number of ether oxygens (including phenoxy) is 1. The Bertz CT molecular complexity index is 954. The number of hydrogen-bond donors (Lipinski definition) is 1. The van der Waals surface area contributed by atoms with E-state index in [1.54, 1.807) is 36.9 Å². The van der Waals surface area contributed by atoms with Crippen molar-refractivity contribution in [2.24, 2.45) is 5.41 Å². The number of nitrogens with one attached hydrogen (secondary N) is 1. The number of hydrogen-bond acceptors (Lipinski definition) is 3. The van der Waals surface area contributed by atoms with Gasteiger partial charge in [-0.2, -0.15) is 13.2 Å². The van der Waals surface area contributed by atoms with Gasteiger partial charge in [0.05, 0.1) is 16.7 Å². The molecule has 0 aliphatic carbocycles. The Morgan fingerprint density at radius 2 is 1.93 bits per heavy atom. The summed E-state index contributed by atoms with van der Waals surface area (Å²) in [5.41, 5.74) is -0.872. The maximum absolute atomic E-state index is 12.9. The lowest BCUT2D eigenvalue weighted by atomic mass is 9.93. The van der Waals surface area contributed by atoms with Gasteiger partial charge in [0.15, 0.2) is 0 Å². The maximum atomic E-state index is 12.9. The Hall–Kier alpha value is -3.03. The monoisotopic (exact) mass is 406 g/mol. The van der Waals surface area contributed by atoms with Crippen molar-refractivity contribution in [1.82, 2.24) is 0 Å². The van der Waals surface area contributed by atoms with Crippen molar-refractivity contribution < 1.29 is 27.5 Å². The SMILES string of the molecule is CCN1C(=O)C(C)(C)COc2ccc(NC(=O)c3cccc(C(F)(F)F)c3)cc21. The number of benzene rings is 2.